The van der Waals surface area contributed by atoms with Crippen LogP contribution in [0.1, 0.15) is 28.9 Å². The molecule has 0 spiro atoms. The number of rotatable bonds is 7. The Hall–Kier alpha value is -2.25. The van der Waals surface area contributed by atoms with Crippen molar-refractivity contribution in [2.75, 3.05) is 20.8 Å². The van der Waals surface area contributed by atoms with Gasteiger partial charge >= 0.3 is 0 Å². The number of aryl methyl sites for hydroxylation is 1. The smallest absolute Gasteiger partial charge is 0.246 e. The van der Waals surface area contributed by atoms with Gasteiger partial charge in [0.2, 0.25) is 11.8 Å². The lowest BCUT2D eigenvalue weighted by molar-refractivity contribution is -0.132. The molecular formula is C16H22N4O3. The van der Waals surface area contributed by atoms with Crippen molar-refractivity contribution in [1.82, 2.24) is 15.0 Å². The molecule has 0 bridgehead atoms. The van der Waals surface area contributed by atoms with Gasteiger partial charge in [0.25, 0.3) is 0 Å². The van der Waals surface area contributed by atoms with E-state index in [9.17, 15) is 4.79 Å². The zero-order valence-electron chi connectivity index (χ0n) is 13.7. The lowest BCUT2D eigenvalue weighted by atomic mass is 10.1. The summed E-state index contributed by atoms with van der Waals surface area (Å²) < 4.78 is 10.1. The summed E-state index contributed by atoms with van der Waals surface area (Å²) in [5.74, 6) is 0.735. The molecule has 7 heteroatoms. The highest BCUT2D eigenvalue weighted by atomic mass is 16.5. The molecule has 0 saturated heterocycles. The summed E-state index contributed by atoms with van der Waals surface area (Å²) in [6, 6.07) is 6.88. The summed E-state index contributed by atoms with van der Waals surface area (Å²) in [5.41, 5.74) is 7.94. The van der Waals surface area contributed by atoms with Crippen LogP contribution in [-0.2, 0) is 22.5 Å². The molecule has 2 rings (SSSR count). The Labute approximate surface area is 135 Å². The number of ether oxygens (including phenoxy) is 1. The fourth-order valence-corrected chi connectivity index (χ4v) is 2.08. The third-order valence-corrected chi connectivity index (χ3v) is 3.49. The van der Waals surface area contributed by atoms with Crippen LogP contribution in [0.4, 0.5) is 0 Å². The molecule has 2 N–H and O–H groups in total. The topological polar surface area (TPSA) is 94.5 Å². The van der Waals surface area contributed by atoms with Gasteiger partial charge in [0.1, 0.15) is 6.04 Å². The number of hydrogen-bond donors (Lipinski definition) is 1. The van der Waals surface area contributed by atoms with E-state index in [2.05, 4.69) is 10.1 Å². The molecule has 2 aromatic rings. The molecule has 1 aromatic carbocycles. The summed E-state index contributed by atoms with van der Waals surface area (Å²) in [7, 11) is 3.27. The Morgan fingerprint density at radius 3 is 2.74 bits per heavy atom. The summed E-state index contributed by atoms with van der Waals surface area (Å²) in [6.45, 7) is 2.73. The second kappa shape index (κ2) is 7.85. The number of methoxy groups -OCH3 is 1. The van der Waals surface area contributed by atoms with Crippen LogP contribution in [0.5, 0.6) is 0 Å². The van der Waals surface area contributed by atoms with Crippen LogP contribution in [0.25, 0.3) is 0 Å². The zero-order chi connectivity index (χ0) is 16.8. The van der Waals surface area contributed by atoms with Gasteiger partial charge < -0.3 is 19.9 Å². The lowest BCUT2D eigenvalue weighted by Crippen LogP contribution is -2.35. The predicted molar refractivity (Wildman–Crippen MR) is 84.5 cm³/mol. The molecular weight excluding hydrogens is 296 g/mol. The minimum Gasteiger partial charge on any atom is -0.384 e. The molecule has 0 radical (unpaired) electrons. The number of hydrogen-bond acceptors (Lipinski definition) is 6. The molecule has 1 heterocycles. The van der Waals surface area contributed by atoms with Gasteiger partial charge in [-0.2, -0.15) is 4.98 Å². The Kier molecular flexibility index (Phi) is 5.84. The maximum atomic E-state index is 12.4. The van der Waals surface area contributed by atoms with E-state index in [4.69, 9.17) is 15.0 Å². The van der Waals surface area contributed by atoms with Gasteiger partial charge in [-0.3, -0.25) is 4.79 Å². The van der Waals surface area contributed by atoms with Crippen LogP contribution in [0.15, 0.2) is 28.8 Å². The van der Waals surface area contributed by atoms with Gasteiger partial charge in [-0.25, -0.2) is 0 Å². The largest absolute Gasteiger partial charge is 0.384 e. The molecule has 1 aromatic heterocycles. The molecule has 1 atom stereocenters. The first-order chi connectivity index (χ1) is 11.0. The minimum atomic E-state index is -0.712. The first kappa shape index (κ1) is 17.1. The third kappa shape index (κ3) is 4.61. The standard InChI is InChI=1S/C16H22N4O3/c1-11-4-6-12(7-5-11)15(17)16(21)20(2)10-14-18-13(19-23-14)8-9-22-3/h4-7,15H,8-10,17H2,1-3H3. The van der Waals surface area contributed by atoms with E-state index >= 15 is 0 Å². The fourth-order valence-electron chi connectivity index (χ4n) is 2.08. The van der Waals surface area contributed by atoms with Crippen molar-refractivity contribution < 1.29 is 14.1 Å². The summed E-state index contributed by atoms with van der Waals surface area (Å²) in [4.78, 5) is 18.1. The lowest BCUT2D eigenvalue weighted by Gasteiger charge is -2.20. The van der Waals surface area contributed by atoms with Crippen molar-refractivity contribution in [2.24, 2.45) is 5.73 Å². The number of nitrogens with zero attached hydrogens (tertiary/aromatic N) is 3. The van der Waals surface area contributed by atoms with Gasteiger partial charge in [0.05, 0.1) is 13.2 Å². The van der Waals surface area contributed by atoms with E-state index in [1.807, 2.05) is 31.2 Å². The van der Waals surface area contributed by atoms with Crippen LogP contribution in [0.2, 0.25) is 0 Å². The summed E-state index contributed by atoms with van der Waals surface area (Å²) >= 11 is 0. The van der Waals surface area contributed by atoms with E-state index in [1.54, 1.807) is 14.2 Å². The molecule has 0 saturated carbocycles. The van der Waals surface area contributed by atoms with E-state index in [0.29, 0.717) is 24.7 Å². The number of nitrogens with two attached hydrogens (primary N) is 1. The van der Waals surface area contributed by atoms with Crippen molar-refractivity contribution in [1.29, 1.82) is 0 Å². The average Bonchev–Trinajstić information content (AvgIpc) is 2.99. The van der Waals surface area contributed by atoms with Crippen molar-refractivity contribution >= 4 is 5.91 Å². The Balaban J connectivity index is 1.96. The second-order valence-electron chi connectivity index (χ2n) is 5.43. The highest BCUT2D eigenvalue weighted by Crippen LogP contribution is 2.15. The predicted octanol–water partition coefficient (Wildman–Crippen LogP) is 1.23. The Morgan fingerprint density at radius 1 is 1.39 bits per heavy atom. The van der Waals surface area contributed by atoms with Gasteiger partial charge in [-0.1, -0.05) is 35.0 Å². The number of aromatic nitrogens is 2. The number of carbonyl (C=O) groups is 1. The van der Waals surface area contributed by atoms with Crippen LogP contribution in [-0.4, -0.2) is 41.7 Å². The Morgan fingerprint density at radius 2 is 2.09 bits per heavy atom. The highest BCUT2D eigenvalue weighted by molar-refractivity contribution is 5.82. The quantitative estimate of drug-likeness (QED) is 0.825. The average molecular weight is 318 g/mol. The fraction of sp³-hybridized carbons (Fsp3) is 0.438. The molecule has 0 fully saturated rings. The van der Waals surface area contributed by atoms with Crippen LogP contribution in [0.3, 0.4) is 0 Å². The molecule has 0 aliphatic carbocycles. The second-order valence-corrected chi connectivity index (χ2v) is 5.43. The van der Waals surface area contributed by atoms with Crippen LogP contribution >= 0.6 is 0 Å². The third-order valence-electron chi connectivity index (χ3n) is 3.49. The van der Waals surface area contributed by atoms with Crippen molar-refractivity contribution in [2.45, 2.75) is 25.9 Å². The molecule has 124 valence electrons. The monoisotopic (exact) mass is 318 g/mol. The molecule has 7 nitrogen and oxygen atoms in total. The molecule has 1 unspecified atom stereocenters. The maximum Gasteiger partial charge on any atom is 0.246 e. The first-order valence-corrected chi connectivity index (χ1v) is 7.38. The first-order valence-electron chi connectivity index (χ1n) is 7.38. The zero-order valence-corrected chi connectivity index (χ0v) is 13.7. The SMILES string of the molecule is COCCc1noc(CN(C)C(=O)C(N)c2ccc(C)cc2)n1. The summed E-state index contributed by atoms with van der Waals surface area (Å²) in [5, 5.41) is 3.84. The number of carbonyl (C=O) groups excluding carboxylic acids is 1. The Bertz CT molecular complexity index is 639. The highest BCUT2D eigenvalue weighted by Gasteiger charge is 2.21. The molecule has 23 heavy (non-hydrogen) atoms. The van der Waals surface area contributed by atoms with Crippen molar-refractivity contribution in [3.05, 3.63) is 47.1 Å². The number of likely N-dealkylation sites (N-methyl/N-ethyl adjacent to an activating group) is 1. The minimum absolute atomic E-state index is 0.203. The normalized spacial score (nSPS) is 12.2. The van der Waals surface area contributed by atoms with Crippen LogP contribution < -0.4 is 5.73 Å². The number of benzene rings is 1. The van der Waals surface area contributed by atoms with E-state index in [0.717, 1.165) is 11.1 Å². The summed E-state index contributed by atoms with van der Waals surface area (Å²) in [6.07, 6.45) is 0.570. The number of amides is 1. The molecule has 1 amide bonds. The molecule has 0 aliphatic rings. The maximum absolute atomic E-state index is 12.4. The van der Waals surface area contributed by atoms with Gasteiger partial charge in [-0.05, 0) is 12.5 Å². The van der Waals surface area contributed by atoms with Gasteiger partial charge in [0, 0.05) is 20.6 Å². The van der Waals surface area contributed by atoms with Gasteiger partial charge in [0.15, 0.2) is 5.82 Å². The van der Waals surface area contributed by atoms with Crippen LogP contribution in [0, 0.1) is 6.92 Å². The van der Waals surface area contributed by atoms with E-state index in [-0.39, 0.29) is 12.5 Å². The van der Waals surface area contributed by atoms with Crippen molar-refractivity contribution in [3.63, 3.8) is 0 Å². The van der Waals surface area contributed by atoms with Crippen molar-refractivity contribution in [3.8, 4) is 0 Å². The van der Waals surface area contributed by atoms with Gasteiger partial charge in [-0.15, -0.1) is 0 Å². The van der Waals surface area contributed by atoms with E-state index < -0.39 is 6.04 Å². The molecule has 0 aliphatic heterocycles. The van der Waals surface area contributed by atoms with E-state index in [1.165, 1.54) is 4.90 Å².